The van der Waals surface area contributed by atoms with Crippen LogP contribution in [-0.2, 0) is 19.4 Å². The molecule has 2 aromatic heterocycles. The van der Waals surface area contributed by atoms with Crippen LogP contribution in [0.15, 0.2) is 42.6 Å². The van der Waals surface area contributed by atoms with Crippen molar-refractivity contribution in [2.75, 3.05) is 13.2 Å². The number of imidazole rings is 1. The van der Waals surface area contributed by atoms with E-state index in [2.05, 4.69) is 18.2 Å². The van der Waals surface area contributed by atoms with Gasteiger partial charge < -0.3 is 9.64 Å². The van der Waals surface area contributed by atoms with E-state index in [0.717, 1.165) is 18.7 Å². The van der Waals surface area contributed by atoms with Crippen molar-refractivity contribution >= 4 is 11.6 Å². The van der Waals surface area contributed by atoms with Gasteiger partial charge in [0.05, 0.1) is 12.3 Å². The van der Waals surface area contributed by atoms with E-state index in [0.29, 0.717) is 36.7 Å². The minimum atomic E-state index is 0.0394. The number of carbonyl (C=O) groups is 1. The van der Waals surface area contributed by atoms with Crippen LogP contribution in [0.5, 0.6) is 5.75 Å². The molecule has 0 bridgehead atoms. The van der Waals surface area contributed by atoms with Gasteiger partial charge in [-0.05, 0) is 43.0 Å². The smallest absolute Gasteiger partial charge is 0.273 e. The molecule has 0 spiro atoms. The lowest BCUT2D eigenvalue weighted by atomic mass is 9.99. The molecule has 0 saturated carbocycles. The van der Waals surface area contributed by atoms with E-state index in [4.69, 9.17) is 9.72 Å². The number of amides is 1. The molecule has 26 heavy (non-hydrogen) atoms. The first-order chi connectivity index (χ1) is 12.7. The summed E-state index contributed by atoms with van der Waals surface area (Å²) in [5.74, 6) is 0.755. The Morgan fingerprint density at radius 3 is 2.73 bits per heavy atom. The number of pyridine rings is 1. The summed E-state index contributed by atoms with van der Waals surface area (Å²) in [6, 6.07) is 12.2. The van der Waals surface area contributed by atoms with Crippen molar-refractivity contribution in [3.63, 3.8) is 0 Å². The van der Waals surface area contributed by atoms with E-state index in [1.807, 2.05) is 47.5 Å². The fourth-order valence-electron chi connectivity index (χ4n) is 3.65. The van der Waals surface area contributed by atoms with Gasteiger partial charge in [-0.15, -0.1) is 0 Å². The predicted octanol–water partition coefficient (Wildman–Crippen LogP) is 3.49. The molecule has 0 fully saturated rings. The standard InChI is InChI=1S/C21H23N3O2/c1-3-17-19(24-12-7-10-18(26-4-2)20(24)22-17)21(25)23-13-11-15-8-5-6-9-16(15)14-23/h5-10,12H,3-4,11,13-14H2,1-2H3. The molecular formula is C21H23N3O2. The molecule has 1 aromatic carbocycles. The third-order valence-electron chi connectivity index (χ3n) is 4.94. The summed E-state index contributed by atoms with van der Waals surface area (Å²) in [5, 5.41) is 0. The van der Waals surface area contributed by atoms with E-state index in [1.165, 1.54) is 11.1 Å². The Labute approximate surface area is 153 Å². The zero-order chi connectivity index (χ0) is 18.1. The lowest BCUT2D eigenvalue weighted by molar-refractivity contribution is 0.0726. The Morgan fingerprint density at radius 1 is 1.15 bits per heavy atom. The first-order valence-corrected chi connectivity index (χ1v) is 9.21. The molecule has 0 aliphatic carbocycles. The van der Waals surface area contributed by atoms with E-state index in [9.17, 15) is 4.79 Å². The van der Waals surface area contributed by atoms with Crippen molar-refractivity contribution in [2.24, 2.45) is 0 Å². The normalized spacial score (nSPS) is 13.7. The molecule has 0 unspecified atom stereocenters. The number of rotatable bonds is 4. The number of fused-ring (bicyclic) bond motifs is 2. The maximum absolute atomic E-state index is 13.4. The third kappa shape index (κ3) is 2.73. The number of aryl methyl sites for hydroxylation is 1. The van der Waals surface area contributed by atoms with Crippen LogP contribution in [0.3, 0.4) is 0 Å². The summed E-state index contributed by atoms with van der Waals surface area (Å²) in [7, 11) is 0. The van der Waals surface area contributed by atoms with Gasteiger partial charge in [0.25, 0.3) is 5.91 Å². The fraction of sp³-hybridized carbons (Fsp3) is 0.333. The van der Waals surface area contributed by atoms with Crippen LogP contribution in [0.2, 0.25) is 0 Å². The van der Waals surface area contributed by atoms with Crippen LogP contribution in [0, 0.1) is 0 Å². The molecule has 3 aromatic rings. The maximum atomic E-state index is 13.4. The van der Waals surface area contributed by atoms with Gasteiger partial charge in [-0.25, -0.2) is 4.98 Å². The Balaban J connectivity index is 1.74. The molecule has 4 rings (SSSR count). The first kappa shape index (κ1) is 16.6. The van der Waals surface area contributed by atoms with Gasteiger partial charge >= 0.3 is 0 Å². The predicted molar refractivity (Wildman–Crippen MR) is 101 cm³/mol. The van der Waals surface area contributed by atoms with Gasteiger partial charge in [0, 0.05) is 19.3 Å². The van der Waals surface area contributed by atoms with Crippen LogP contribution in [0.4, 0.5) is 0 Å². The van der Waals surface area contributed by atoms with Gasteiger partial charge in [0.15, 0.2) is 11.4 Å². The van der Waals surface area contributed by atoms with Crippen molar-refractivity contribution in [1.29, 1.82) is 0 Å². The minimum Gasteiger partial charge on any atom is -0.490 e. The molecule has 1 aliphatic heterocycles. The Bertz CT molecular complexity index is 961. The number of benzene rings is 1. The highest BCUT2D eigenvalue weighted by atomic mass is 16.5. The second-order valence-electron chi connectivity index (χ2n) is 6.51. The van der Waals surface area contributed by atoms with Crippen molar-refractivity contribution in [3.8, 4) is 5.75 Å². The average Bonchev–Trinajstić information content (AvgIpc) is 3.07. The van der Waals surface area contributed by atoms with Crippen molar-refractivity contribution < 1.29 is 9.53 Å². The number of ether oxygens (including phenoxy) is 1. The monoisotopic (exact) mass is 349 g/mol. The van der Waals surface area contributed by atoms with Gasteiger partial charge in [-0.1, -0.05) is 31.2 Å². The first-order valence-electron chi connectivity index (χ1n) is 9.21. The third-order valence-corrected chi connectivity index (χ3v) is 4.94. The van der Waals surface area contributed by atoms with Gasteiger partial charge in [-0.3, -0.25) is 9.20 Å². The van der Waals surface area contributed by atoms with Crippen molar-refractivity contribution in [1.82, 2.24) is 14.3 Å². The van der Waals surface area contributed by atoms with Crippen molar-refractivity contribution in [2.45, 2.75) is 33.2 Å². The summed E-state index contributed by atoms with van der Waals surface area (Å²) in [6.45, 7) is 5.93. The zero-order valence-electron chi connectivity index (χ0n) is 15.2. The lowest BCUT2D eigenvalue weighted by Crippen LogP contribution is -2.37. The van der Waals surface area contributed by atoms with Crippen LogP contribution in [0.25, 0.3) is 5.65 Å². The number of aromatic nitrogens is 2. The quantitative estimate of drug-likeness (QED) is 0.724. The van der Waals surface area contributed by atoms with E-state index >= 15 is 0 Å². The number of hydrogen-bond donors (Lipinski definition) is 0. The van der Waals surface area contributed by atoms with Crippen LogP contribution in [0.1, 0.15) is 41.2 Å². The van der Waals surface area contributed by atoms with Crippen molar-refractivity contribution in [3.05, 3.63) is 65.1 Å². The topological polar surface area (TPSA) is 46.8 Å². The highest BCUT2D eigenvalue weighted by Gasteiger charge is 2.27. The summed E-state index contributed by atoms with van der Waals surface area (Å²) in [5.41, 5.74) is 4.76. The lowest BCUT2D eigenvalue weighted by Gasteiger charge is -2.29. The molecule has 5 nitrogen and oxygen atoms in total. The van der Waals surface area contributed by atoms with E-state index in [-0.39, 0.29) is 5.91 Å². The molecule has 134 valence electrons. The molecule has 0 saturated heterocycles. The van der Waals surface area contributed by atoms with Gasteiger partial charge in [0.1, 0.15) is 5.69 Å². The molecule has 1 amide bonds. The molecule has 0 radical (unpaired) electrons. The highest BCUT2D eigenvalue weighted by Crippen LogP contribution is 2.26. The highest BCUT2D eigenvalue weighted by molar-refractivity contribution is 5.95. The SMILES string of the molecule is CCOc1cccn2c(C(=O)N3CCc4ccccc4C3)c(CC)nc12. The Morgan fingerprint density at radius 2 is 1.96 bits per heavy atom. The van der Waals surface area contributed by atoms with Gasteiger partial charge in [-0.2, -0.15) is 0 Å². The number of hydrogen-bond acceptors (Lipinski definition) is 3. The molecule has 0 atom stereocenters. The largest absolute Gasteiger partial charge is 0.490 e. The summed E-state index contributed by atoms with van der Waals surface area (Å²) in [6.07, 6.45) is 3.50. The second kappa shape index (κ2) is 6.83. The Kier molecular flexibility index (Phi) is 4.37. The van der Waals surface area contributed by atoms with Crippen LogP contribution >= 0.6 is 0 Å². The average molecular weight is 349 g/mol. The molecular weight excluding hydrogens is 326 g/mol. The second-order valence-corrected chi connectivity index (χ2v) is 6.51. The van der Waals surface area contributed by atoms with Crippen LogP contribution < -0.4 is 4.74 Å². The number of carbonyl (C=O) groups excluding carboxylic acids is 1. The molecule has 0 N–H and O–H groups in total. The van der Waals surface area contributed by atoms with E-state index in [1.54, 1.807) is 0 Å². The minimum absolute atomic E-state index is 0.0394. The van der Waals surface area contributed by atoms with E-state index < -0.39 is 0 Å². The summed E-state index contributed by atoms with van der Waals surface area (Å²) in [4.78, 5) is 20.0. The fourth-order valence-corrected chi connectivity index (χ4v) is 3.65. The summed E-state index contributed by atoms with van der Waals surface area (Å²) >= 11 is 0. The van der Waals surface area contributed by atoms with Crippen LogP contribution in [-0.4, -0.2) is 33.3 Å². The van der Waals surface area contributed by atoms with Gasteiger partial charge in [0.2, 0.25) is 0 Å². The maximum Gasteiger partial charge on any atom is 0.273 e. The Hall–Kier alpha value is -2.82. The molecule has 1 aliphatic rings. The zero-order valence-corrected chi connectivity index (χ0v) is 15.2. The number of nitrogens with zero attached hydrogens (tertiary/aromatic N) is 3. The summed E-state index contributed by atoms with van der Waals surface area (Å²) < 4.78 is 7.58. The molecule has 3 heterocycles. The molecule has 5 heteroatoms.